The Bertz CT molecular complexity index is 380. The van der Waals surface area contributed by atoms with Crippen LogP contribution in [0, 0.1) is 5.92 Å². The van der Waals surface area contributed by atoms with Crippen LogP contribution in [-0.4, -0.2) is 37.7 Å². The molecule has 1 aliphatic carbocycles. The van der Waals surface area contributed by atoms with Gasteiger partial charge in [0.1, 0.15) is 0 Å². The predicted molar refractivity (Wildman–Crippen MR) is 85.0 cm³/mol. The van der Waals surface area contributed by atoms with E-state index in [9.17, 15) is 0 Å². The number of hydrogen-bond donors (Lipinski definition) is 0. The molecule has 0 aliphatic heterocycles. The van der Waals surface area contributed by atoms with Gasteiger partial charge in [-0.25, -0.2) is 0 Å². The molecule has 0 radical (unpaired) electrons. The smallest absolute Gasteiger partial charge is 0.0723 e. The second-order valence-electron chi connectivity index (χ2n) is 6.68. The fourth-order valence-electron chi connectivity index (χ4n) is 3.07. The maximum atomic E-state index is 6.39. The zero-order valence-corrected chi connectivity index (χ0v) is 13.3. The van der Waals surface area contributed by atoms with E-state index in [1.165, 1.54) is 31.2 Å². The third kappa shape index (κ3) is 4.60. The average molecular weight is 275 g/mol. The van der Waals surface area contributed by atoms with Crippen LogP contribution in [0.25, 0.3) is 0 Å². The molecule has 1 fully saturated rings. The molecule has 0 heterocycles. The lowest BCUT2D eigenvalue weighted by atomic mass is 9.76. The Morgan fingerprint density at radius 3 is 2.40 bits per heavy atom. The van der Waals surface area contributed by atoms with Crippen molar-refractivity contribution in [1.82, 2.24) is 4.90 Å². The molecule has 0 aromatic heterocycles. The fraction of sp³-hybridized carbons (Fsp3) is 0.667. The summed E-state index contributed by atoms with van der Waals surface area (Å²) >= 11 is 0. The normalized spacial score (nSPS) is 26.9. The molecule has 2 rings (SSSR count). The Balaban J connectivity index is 2.00. The first kappa shape index (κ1) is 15.5. The summed E-state index contributed by atoms with van der Waals surface area (Å²) in [5.74, 6) is 0.858. The highest BCUT2D eigenvalue weighted by Gasteiger charge is 2.35. The number of benzene rings is 1. The van der Waals surface area contributed by atoms with E-state index in [0.29, 0.717) is 0 Å². The molecule has 0 saturated heterocycles. The maximum absolute atomic E-state index is 6.39. The molecule has 0 spiro atoms. The minimum absolute atomic E-state index is 0.0733. The zero-order chi connectivity index (χ0) is 14.4. The third-order valence-corrected chi connectivity index (χ3v) is 4.50. The van der Waals surface area contributed by atoms with Gasteiger partial charge in [-0.05, 0) is 51.3 Å². The first-order chi connectivity index (χ1) is 9.60. The summed E-state index contributed by atoms with van der Waals surface area (Å²) in [5, 5.41) is 0. The first-order valence-corrected chi connectivity index (χ1v) is 7.92. The summed E-state index contributed by atoms with van der Waals surface area (Å²) in [5.41, 5.74) is 1.48. The summed E-state index contributed by atoms with van der Waals surface area (Å²) in [4.78, 5) is 2.20. The third-order valence-electron chi connectivity index (χ3n) is 4.50. The fourth-order valence-corrected chi connectivity index (χ4v) is 3.07. The lowest BCUT2D eigenvalue weighted by Gasteiger charge is -2.40. The highest BCUT2D eigenvalue weighted by Crippen LogP contribution is 2.37. The molecule has 2 nitrogen and oxygen atoms in total. The summed E-state index contributed by atoms with van der Waals surface area (Å²) in [6.07, 6.45) is 6.07. The molecular formula is C18H29NO. The standard InChI is InChI=1S/C18H29NO/c1-16-9-11-18(12-10-16,20-14-13-19(2)3)15-17-7-5-4-6-8-17/h4-8,16H,9-15H2,1-3H3. The van der Waals surface area contributed by atoms with Gasteiger partial charge in [-0.15, -0.1) is 0 Å². The van der Waals surface area contributed by atoms with E-state index < -0.39 is 0 Å². The van der Waals surface area contributed by atoms with Crippen molar-refractivity contribution in [3.05, 3.63) is 35.9 Å². The first-order valence-electron chi connectivity index (χ1n) is 7.92. The minimum atomic E-state index is 0.0733. The molecule has 0 amide bonds. The zero-order valence-electron chi connectivity index (χ0n) is 13.3. The van der Waals surface area contributed by atoms with Gasteiger partial charge in [0.05, 0.1) is 12.2 Å². The van der Waals surface area contributed by atoms with Gasteiger partial charge in [0.25, 0.3) is 0 Å². The molecule has 1 aromatic rings. The van der Waals surface area contributed by atoms with E-state index >= 15 is 0 Å². The van der Waals surface area contributed by atoms with E-state index in [1.807, 2.05) is 0 Å². The van der Waals surface area contributed by atoms with Crippen LogP contribution in [0.2, 0.25) is 0 Å². The molecule has 1 saturated carbocycles. The van der Waals surface area contributed by atoms with Crippen LogP contribution in [-0.2, 0) is 11.2 Å². The van der Waals surface area contributed by atoms with Crippen molar-refractivity contribution >= 4 is 0 Å². The van der Waals surface area contributed by atoms with Crippen LogP contribution in [0.1, 0.15) is 38.2 Å². The van der Waals surface area contributed by atoms with Crippen LogP contribution >= 0.6 is 0 Å². The van der Waals surface area contributed by atoms with Crippen molar-refractivity contribution in [2.45, 2.75) is 44.6 Å². The van der Waals surface area contributed by atoms with Gasteiger partial charge >= 0.3 is 0 Å². The number of ether oxygens (including phenoxy) is 1. The highest BCUT2D eigenvalue weighted by molar-refractivity contribution is 5.17. The van der Waals surface area contributed by atoms with Crippen LogP contribution in [0.5, 0.6) is 0 Å². The Morgan fingerprint density at radius 2 is 1.80 bits per heavy atom. The molecule has 112 valence electrons. The van der Waals surface area contributed by atoms with E-state index in [-0.39, 0.29) is 5.60 Å². The van der Waals surface area contributed by atoms with Gasteiger partial charge in [0.2, 0.25) is 0 Å². The quantitative estimate of drug-likeness (QED) is 0.784. The van der Waals surface area contributed by atoms with E-state index in [0.717, 1.165) is 25.5 Å². The minimum Gasteiger partial charge on any atom is -0.373 e. The Kier molecular flexibility index (Phi) is 5.62. The Labute approximate surface area is 124 Å². The number of rotatable bonds is 6. The van der Waals surface area contributed by atoms with Crippen LogP contribution in [0.3, 0.4) is 0 Å². The number of nitrogens with zero attached hydrogens (tertiary/aromatic N) is 1. The van der Waals surface area contributed by atoms with Gasteiger partial charge in [-0.1, -0.05) is 37.3 Å². The molecule has 0 unspecified atom stereocenters. The van der Waals surface area contributed by atoms with Crippen molar-refractivity contribution in [2.24, 2.45) is 5.92 Å². The lowest BCUT2D eigenvalue weighted by Crippen LogP contribution is -2.40. The van der Waals surface area contributed by atoms with Gasteiger partial charge < -0.3 is 9.64 Å². The molecule has 1 aliphatic rings. The molecule has 20 heavy (non-hydrogen) atoms. The van der Waals surface area contributed by atoms with Crippen molar-refractivity contribution < 1.29 is 4.74 Å². The van der Waals surface area contributed by atoms with Crippen LogP contribution in [0.15, 0.2) is 30.3 Å². The Morgan fingerprint density at radius 1 is 1.15 bits per heavy atom. The molecule has 0 atom stereocenters. The second-order valence-corrected chi connectivity index (χ2v) is 6.68. The van der Waals surface area contributed by atoms with Gasteiger partial charge in [0, 0.05) is 13.0 Å². The van der Waals surface area contributed by atoms with Crippen molar-refractivity contribution in [1.29, 1.82) is 0 Å². The largest absolute Gasteiger partial charge is 0.373 e. The van der Waals surface area contributed by atoms with Crippen molar-refractivity contribution in [3.63, 3.8) is 0 Å². The molecule has 1 aromatic carbocycles. The summed E-state index contributed by atoms with van der Waals surface area (Å²) in [6, 6.07) is 10.8. The van der Waals surface area contributed by atoms with E-state index in [4.69, 9.17) is 4.74 Å². The maximum Gasteiger partial charge on any atom is 0.0723 e. The summed E-state index contributed by atoms with van der Waals surface area (Å²) in [6.45, 7) is 4.21. The summed E-state index contributed by atoms with van der Waals surface area (Å²) in [7, 11) is 4.21. The molecule has 0 N–H and O–H groups in total. The SMILES string of the molecule is CC1CCC(Cc2ccccc2)(OCCN(C)C)CC1. The van der Waals surface area contributed by atoms with Crippen LogP contribution < -0.4 is 0 Å². The van der Waals surface area contributed by atoms with E-state index in [2.05, 4.69) is 56.3 Å². The number of hydrogen-bond acceptors (Lipinski definition) is 2. The number of likely N-dealkylation sites (N-methyl/N-ethyl adjacent to an activating group) is 1. The van der Waals surface area contributed by atoms with Crippen molar-refractivity contribution in [2.75, 3.05) is 27.2 Å². The topological polar surface area (TPSA) is 12.5 Å². The average Bonchev–Trinajstić information content (AvgIpc) is 2.43. The second kappa shape index (κ2) is 7.24. The van der Waals surface area contributed by atoms with E-state index in [1.54, 1.807) is 0 Å². The van der Waals surface area contributed by atoms with Gasteiger partial charge in [-0.2, -0.15) is 0 Å². The van der Waals surface area contributed by atoms with Gasteiger partial charge in [0.15, 0.2) is 0 Å². The van der Waals surface area contributed by atoms with Crippen LogP contribution in [0.4, 0.5) is 0 Å². The lowest BCUT2D eigenvalue weighted by molar-refractivity contribution is -0.0795. The molecule has 2 heteroatoms. The highest BCUT2D eigenvalue weighted by atomic mass is 16.5. The predicted octanol–water partition coefficient (Wildman–Crippen LogP) is 3.76. The van der Waals surface area contributed by atoms with Crippen molar-refractivity contribution in [3.8, 4) is 0 Å². The molecular weight excluding hydrogens is 246 g/mol. The monoisotopic (exact) mass is 275 g/mol. The summed E-state index contributed by atoms with van der Waals surface area (Å²) < 4.78 is 6.39. The van der Waals surface area contributed by atoms with Gasteiger partial charge in [-0.3, -0.25) is 0 Å². The Hall–Kier alpha value is -0.860. The molecule has 0 bridgehead atoms.